The van der Waals surface area contributed by atoms with Crippen LogP contribution in [0.3, 0.4) is 0 Å². The van der Waals surface area contributed by atoms with Gasteiger partial charge in [0, 0.05) is 12.6 Å². The van der Waals surface area contributed by atoms with Gasteiger partial charge in [-0.15, -0.1) is 0 Å². The van der Waals surface area contributed by atoms with Gasteiger partial charge in [0.1, 0.15) is 23.1 Å². The smallest absolute Gasteiger partial charge is 0.349 e. The average molecular weight is 438 g/mol. The lowest BCUT2D eigenvalue weighted by atomic mass is 10.1. The second kappa shape index (κ2) is 12.6. The number of carbonyl (C=O) groups is 2. The van der Waals surface area contributed by atoms with Crippen LogP contribution in [0.25, 0.3) is 6.08 Å². The minimum absolute atomic E-state index is 0.0282. The van der Waals surface area contributed by atoms with Crippen molar-refractivity contribution < 1.29 is 28.5 Å². The number of nitriles is 1. The molecule has 2 aromatic rings. The molecule has 0 radical (unpaired) electrons. The van der Waals surface area contributed by atoms with Crippen molar-refractivity contribution >= 4 is 18.0 Å². The molecule has 168 valence electrons. The van der Waals surface area contributed by atoms with Gasteiger partial charge in [0.25, 0.3) is 5.91 Å². The Morgan fingerprint density at radius 2 is 1.84 bits per heavy atom. The van der Waals surface area contributed by atoms with E-state index < -0.39 is 11.9 Å². The SMILES string of the molecule is CCCCNC(=O)/C(C#N)=C/c1ccc(OC(=O)COc2cccc(OC)c2)c(OC)c1. The third-order valence-electron chi connectivity index (χ3n) is 4.30. The van der Waals surface area contributed by atoms with Gasteiger partial charge in [-0.2, -0.15) is 5.26 Å². The van der Waals surface area contributed by atoms with Gasteiger partial charge in [-0.1, -0.05) is 25.5 Å². The summed E-state index contributed by atoms with van der Waals surface area (Å²) in [6.07, 6.45) is 3.22. The number of benzene rings is 2. The fourth-order valence-corrected chi connectivity index (χ4v) is 2.63. The van der Waals surface area contributed by atoms with Crippen LogP contribution in [-0.4, -0.2) is 39.2 Å². The molecule has 2 rings (SSSR count). The Labute approximate surface area is 187 Å². The van der Waals surface area contributed by atoms with Crippen LogP contribution in [0.15, 0.2) is 48.0 Å². The topological polar surface area (TPSA) is 107 Å². The average Bonchev–Trinajstić information content (AvgIpc) is 2.82. The zero-order valence-electron chi connectivity index (χ0n) is 18.3. The molecule has 8 heteroatoms. The minimum Gasteiger partial charge on any atom is -0.497 e. The molecule has 0 unspecified atom stereocenters. The number of nitrogens with one attached hydrogen (secondary N) is 1. The highest BCUT2D eigenvalue weighted by atomic mass is 16.6. The standard InChI is InChI=1S/C24H26N2O6/c1-4-5-11-26-24(28)18(15-25)12-17-9-10-21(22(13-17)30-3)32-23(27)16-31-20-8-6-7-19(14-20)29-2/h6-10,12-14H,4-5,11,16H2,1-3H3,(H,26,28)/b18-12+. The van der Waals surface area contributed by atoms with Gasteiger partial charge in [-0.25, -0.2) is 4.79 Å². The van der Waals surface area contributed by atoms with E-state index in [4.69, 9.17) is 18.9 Å². The molecule has 1 amide bonds. The highest BCUT2D eigenvalue weighted by molar-refractivity contribution is 6.01. The van der Waals surface area contributed by atoms with Gasteiger partial charge in [0.05, 0.1) is 14.2 Å². The van der Waals surface area contributed by atoms with Crippen molar-refractivity contribution in [2.24, 2.45) is 0 Å². The van der Waals surface area contributed by atoms with Crippen LogP contribution in [0.1, 0.15) is 25.3 Å². The number of hydrogen-bond acceptors (Lipinski definition) is 7. The Morgan fingerprint density at radius 1 is 1.06 bits per heavy atom. The van der Waals surface area contributed by atoms with Crippen LogP contribution in [-0.2, 0) is 9.59 Å². The second-order valence-corrected chi connectivity index (χ2v) is 6.63. The van der Waals surface area contributed by atoms with E-state index in [-0.39, 0.29) is 23.7 Å². The summed E-state index contributed by atoms with van der Waals surface area (Å²) in [6, 6.07) is 13.5. The Kier molecular flexibility index (Phi) is 9.60. The van der Waals surface area contributed by atoms with Crippen molar-refractivity contribution in [3.8, 4) is 29.1 Å². The van der Waals surface area contributed by atoms with Crippen LogP contribution in [0.5, 0.6) is 23.0 Å². The molecular formula is C24H26N2O6. The Morgan fingerprint density at radius 3 is 2.53 bits per heavy atom. The van der Waals surface area contributed by atoms with Crippen LogP contribution in [0, 0.1) is 11.3 Å². The van der Waals surface area contributed by atoms with Gasteiger partial charge in [-0.3, -0.25) is 4.79 Å². The van der Waals surface area contributed by atoms with Crippen molar-refractivity contribution in [3.63, 3.8) is 0 Å². The normalized spacial score (nSPS) is 10.6. The zero-order chi connectivity index (χ0) is 23.3. The van der Waals surface area contributed by atoms with E-state index in [0.29, 0.717) is 23.6 Å². The van der Waals surface area contributed by atoms with E-state index >= 15 is 0 Å². The molecule has 0 atom stereocenters. The number of hydrogen-bond donors (Lipinski definition) is 1. The van der Waals surface area contributed by atoms with Crippen molar-refractivity contribution in [1.29, 1.82) is 5.26 Å². The van der Waals surface area contributed by atoms with Crippen LogP contribution >= 0.6 is 0 Å². The molecule has 0 aliphatic heterocycles. The lowest BCUT2D eigenvalue weighted by Crippen LogP contribution is -2.25. The summed E-state index contributed by atoms with van der Waals surface area (Å²) < 4.78 is 21.2. The van der Waals surface area contributed by atoms with Crippen LogP contribution < -0.4 is 24.3 Å². The third-order valence-corrected chi connectivity index (χ3v) is 4.30. The molecule has 0 spiro atoms. The molecule has 0 aliphatic carbocycles. The van der Waals surface area contributed by atoms with Crippen molar-refractivity contribution in [1.82, 2.24) is 5.32 Å². The number of rotatable bonds is 11. The van der Waals surface area contributed by atoms with Gasteiger partial charge in [0.2, 0.25) is 0 Å². The molecule has 0 aliphatic rings. The monoisotopic (exact) mass is 438 g/mol. The predicted octanol–water partition coefficient (Wildman–Crippen LogP) is 3.51. The summed E-state index contributed by atoms with van der Waals surface area (Å²) in [5.74, 6) is 0.478. The first-order valence-corrected chi connectivity index (χ1v) is 10.1. The van der Waals surface area contributed by atoms with E-state index in [1.54, 1.807) is 36.4 Å². The van der Waals surface area contributed by atoms with Gasteiger partial charge in [0.15, 0.2) is 18.1 Å². The summed E-state index contributed by atoms with van der Waals surface area (Å²) in [5, 5.41) is 12.0. The summed E-state index contributed by atoms with van der Waals surface area (Å²) in [7, 11) is 2.96. The maximum Gasteiger partial charge on any atom is 0.349 e. The molecule has 0 saturated carbocycles. The first-order valence-electron chi connectivity index (χ1n) is 10.1. The fraction of sp³-hybridized carbons (Fsp3) is 0.292. The van der Waals surface area contributed by atoms with Gasteiger partial charge >= 0.3 is 5.97 Å². The molecule has 0 fully saturated rings. The van der Waals surface area contributed by atoms with Gasteiger partial charge < -0.3 is 24.3 Å². The number of amides is 1. The lowest BCUT2D eigenvalue weighted by Gasteiger charge is -2.11. The quantitative estimate of drug-likeness (QED) is 0.188. The number of unbranched alkanes of at least 4 members (excludes halogenated alkanes) is 1. The number of nitrogens with zero attached hydrogens (tertiary/aromatic N) is 1. The van der Waals surface area contributed by atoms with E-state index in [9.17, 15) is 14.9 Å². The molecule has 0 aromatic heterocycles. The second-order valence-electron chi connectivity index (χ2n) is 6.63. The fourth-order valence-electron chi connectivity index (χ4n) is 2.63. The maximum absolute atomic E-state index is 12.2. The van der Waals surface area contributed by atoms with Crippen LogP contribution in [0.2, 0.25) is 0 Å². The Balaban J connectivity index is 2.05. The molecule has 0 heterocycles. The van der Waals surface area contributed by atoms with E-state index in [0.717, 1.165) is 12.8 Å². The maximum atomic E-state index is 12.2. The van der Waals surface area contributed by atoms with E-state index in [2.05, 4.69) is 5.32 Å². The summed E-state index contributed by atoms with van der Waals surface area (Å²) in [4.78, 5) is 24.3. The molecule has 32 heavy (non-hydrogen) atoms. The molecule has 0 bridgehead atoms. The first-order chi connectivity index (χ1) is 15.5. The Hall–Kier alpha value is -3.99. The first kappa shape index (κ1) is 24.3. The van der Waals surface area contributed by atoms with Crippen LogP contribution in [0.4, 0.5) is 0 Å². The third kappa shape index (κ3) is 7.36. The number of esters is 1. The van der Waals surface area contributed by atoms with Crippen molar-refractivity contribution in [2.75, 3.05) is 27.4 Å². The lowest BCUT2D eigenvalue weighted by molar-refractivity contribution is -0.136. The molecule has 0 saturated heterocycles. The molecule has 1 N–H and O–H groups in total. The minimum atomic E-state index is -0.623. The molecule has 8 nitrogen and oxygen atoms in total. The van der Waals surface area contributed by atoms with Gasteiger partial charge in [-0.05, 0) is 42.3 Å². The summed E-state index contributed by atoms with van der Waals surface area (Å²) in [6.45, 7) is 2.21. The summed E-state index contributed by atoms with van der Waals surface area (Å²) in [5.41, 5.74) is 0.524. The number of methoxy groups -OCH3 is 2. The zero-order valence-corrected chi connectivity index (χ0v) is 18.3. The van der Waals surface area contributed by atoms with Crippen molar-refractivity contribution in [2.45, 2.75) is 19.8 Å². The van der Waals surface area contributed by atoms with E-state index in [1.807, 2.05) is 13.0 Å². The molecule has 2 aromatic carbocycles. The Bertz CT molecular complexity index is 1010. The highest BCUT2D eigenvalue weighted by Gasteiger charge is 2.13. The number of carbonyl (C=O) groups excluding carboxylic acids is 2. The number of ether oxygens (including phenoxy) is 4. The molecular weight excluding hydrogens is 412 g/mol. The van der Waals surface area contributed by atoms with E-state index in [1.165, 1.54) is 26.4 Å². The summed E-state index contributed by atoms with van der Waals surface area (Å²) >= 11 is 0. The predicted molar refractivity (Wildman–Crippen MR) is 119 cm³/mol. The largest absolute Gasteiger partial charge is 0.497 e. The highest BCUT2D eigenvalue weighted by Crippen LogP contribution is 2.29. The van der Waals surface area contributed by atoms with Crippen molar-refractivity contribution in [3.05, 3.63) is 53.6 Å².